The van der Waals surface area contributed by atoms with Crippen LogP contribution in [0.25, 0.3) is 16.8 Å². The fraction of sp³-hybridized carbons (Fsp3) is 0.182. The van der Waals surface area contributed by atoms with E-state index in [0.29, 0.717) is 28.8 Å². The quantitative estimate of drug-likeness (QED) is 0.381. The predicted octanol–water partition coefficient (Wildman–Crippen LogP) is 2.07. The molecule has 0 spiro atoms. The fourth-order valence-electron chi connectivity index (χ4n) is 2.68. The van der Waals surface area contributed by atoms with E-state index in [4.69, 9.17) is 16.2 Å². The highest BCUT2D eigenvalue weighted by Gasteiger charge is 2.16. The summed E-state index contributed by atoms with van der Waals surface area (Å²) in [5.41, 5.74) is 11.9. The molecule has 2 aromatic carbocycles. The molecule has 3 amide bonds. The standard InChI is InChI=1S/C19H16FN5O4.C3H9N/c20-12-3-6-16(29-8-7-26)14(9-12)11-1-4-13(5-2-11)25-10-15(23-19(22)28)17(24-25)18(21)27;1-3-4-2/h1-7,9-10H,8H2,(H2,21,27)(H3,22,23,28);4H,3H2,1-2H3. The number of aldehydes is 1. The first kappa shape index (κ1) is 25.0. The summed E-state index contributed by atoms with van der Waals surface area (Å²) in [7, 11) is 1.93. The van der Waals surface area contributed by atoms with Gasteiger partial charge in [-0.25, -0.2) is 13.9 Å². The van der Waals surface area contributed by atoms with Crippen LogP contribution < -0.4 is 26.8 Å². The molecule has 0 aliphatic heterocycles. The van der Waals surface area contributed by atoms with Crippen molar-refractivity contribution in [1.82, 2.24) is 15.1 Å². The lowest BCUT2D eigenvalue weighted by Gasteiger charge is -2.11. The monoisotopic (exact) mass is 456 g/mol. The van der Waals surface area contributed by atoms with Crippen LogP contribution >= 0.6 is 0 Å². The van der Waals surface area contributed by atoms with E-state index in [1.807, 2.05) is 7.05 Å². The van der Waals surface area contributed by atoms with Gasteiger partial charge >= 0.3 is 6.03 Å². The van der Waals surface area contributed by atoms with Crippen LogP contribution in [0.2, 0.25) is 0 Å². The average molecular weight is 456 g/mol. The maximum atomic E-state index is 13.7. The number of hydrogen-bond donors (Lipinski definition) is 4. The number of nitrogens with zero attached hydrogens (tertiary/aromatic N) is 2. The second kappa shape index (κ2) is 12.0. The molecule has 0 fully saturated rings. The predicted molar refractivity (Wildman–Crippen MR) is 122 cm³/mol. The van der Waals surface area contributed by atoms with E-state index in [1.165, 1.54) is 29.1 Å². The molecule has 0 aliphatic carbocycles. The number of benzene rings is 2. The summed E-state index contributed by atoms with van der Waals surface area (Å²) in [5.74, 6) is -0.932. The molecule has 11 heteroatoms. The number of primary amides is 2. The molecule has 10 nitrogen and oxygen atoms in total. The molecule has 0 bridgehead atoms. The largest absolute Gasteiger partial charge is 0.485 e. The Morgan fingerprint density at radius 1 is 1.18 bits per heavy atom. The van der Waals surface area contributed by atoms with Gasteiger partial charge in [-0.2, -0.15) is 5.10 Å². The van der Waals surface area contributed by atoms with Crippen LogP contribution in [-0.4, -0.2) is 48.2 Å². The Kier molecular flexibility index (Phi) is 9.06. The van der Waals surface area contributed by atoms with Crippen molar-refractivity contribution in [2.75, 3.05) is 25.5 Å². The Morgan fingerprint density at radius 2 is 1.85 bits per heavy atom. The van der Waals surface area contributed by atoms with Gasteiger partial charge in [-0.15, -0.1) is 0 Å². The molecule has 3 aromatic rings. The van der Waals surface area contributed by atoms with Crippen LogP contribution in [-0.2, 0) is 4.79 Å². The topological polar surface area (TPSA) is 154 Å². The van der Waals surface area contributed by atoms with Crippen molar-refractivity contribution in [3.05, 3.63) is 60.2 Å². The number of carbonyl (C=O) groups is 3. The number of urea groups is 1. The van der Waals surface area contributed by atoms with Gasteiger partial charge in [-0.1, -0.05) is 19.1 Å². The van der Waals surface area contributed by atoms with Crippen LogP contribution in [0, 0.1) is 5.82 Å². The minimum atomic E-state index is -0.864. The summed E-state index contributed by atoms with van der Waals surface area (Å²) in [5, 5.41) is 9.27. The van der Waals surface area contributed by atoms with Crippen LogP contribution in [0.5, 0.6) is 5.75 Å². The number of amides is 3. The molecule has 0 aliphatic rings. The van der Waals surface area contributed by atoms with Gasteiger partial charge in [0.05, 0.1) is 17.6 Å². The zero-order valence-electron chi connectivity index (χ0n) is 18.2. The number of carbonyl (C=O) groups excluding carboxylic acids is 3. The van der Waals surface area contributed by atoms with E-state index in [2.05, 4.69) is 22.7 Å². The number of nitrogens with one attached hydrogen (secondary N) is 2. The van der Waals surface area contributed by atoms with Crippen LogP contribution in [0.1, 0.15) is 17.4 Å². The van der Waals surface area contributed by atoms with Gasteiger partial charge in [-0.05, 0) is 49.5 Å². The SMILES string of the molecule is CCNC.NC(=O)Nc1cn(-c2ccc(-c3cc(F)ccc3OCC=O)cc2)nc1C(N)=O. The molecule has 33 heavy (non-hydrogen) atoms. The number of aromatic nitrogens is 2. The van der Waals surface area contributed by atoms with Gasteiger partial charge < -0.3 is 26.8 Å². The summed E-state index contributed by atoms with van der Waals surface area (Å²) in [6.07, 6.45) is 1.99. The molecule has 1 aromatic heterocycles. The number of nitrogens with two attached hydrogens (primary N) is 2. The number of ether oxygens (including phenoxy) is 1. The summed E-state index contributed by atoms with van der Waals surface area (Å²) < 4.78 is 20.4. The molecule has 0 radical (unpaired) electrons. The van der Waals surface area contributed by atoms with Gasteiger partial charge in [0, 0.05) is 5.56 Å². The highest BCUT2D eigenvalue weighted by Crippen LogP contribution is 2.31. The lowest BCUT2D eigenvalue weighted by Crippen LogP contribution is -2.22. The van der Waals surface area contributed by atoms with E-state index in [0.717, 1.165) is 6.54 Å². The van der Waals surface area contributed by atoms with Crippen molar-refractivity contribution in [2.45, 2.75) is 6.92 Å². The average Bonchev–Trinajstić information content (AvgIpc) is 3.22. The maximum absolute atomic E-state index is 13.7. The molecule has 0 unspecified atom stereocenters. The van der Waals surface area contributed by atoms with E-state index in [-0.39, 0.29) is 18.0 Å². The van der Waals surface area contributed by atoms with Crippen molar-refractivity contribution < 1.29 is 23.5 Å². The third kappa shape index (κ3) is 6.87. The molecule has 174 valence electrons. The zero-order valence-corrected chi connectivity index (χ0v) is 18.2. The molecular formula is C22H25FN6O4. The Hall–Kier alpha value is -4.25. The molecule has 0 saturated heterocycles. The van der Waals surface area contributed by atoms with Crippen molar-refractivity contribution >= 4 is 23.9 Å². The van der Waals surface area contributed by atoms with E-state index in [1.54, 1.807) is 24.3 Å². The second-order valence-electron chi connectivity index (χ2n) is 6.56. The Balaban J connectivity index is 0.000000890. The van der Waals surface area contributed by atoms with Crippen molar-refractivity contribution in [3.8, 4) is 22.6 Å². The lowest BCUT2D eigenvalue weighted by atomic mass is 10.0. The summed E-state index contributed by atoms with van der Waals surface area (Å²) in [6, 6.07) is 9.80. The highest BCUT2D eigenvalue weighted by atomic mass is 19.1. The van der Waals surface area contributed by atoms with Crippen molar-refractivity contribution in [3.63, 3.8) is 0 Å². The van der Waals surface area contributed by atoms with E-state index >= 15 is 0 Å². The van der Waals surface area contributed by atoms with Crippen LogP contribution in [0.4, 0.5) is 14.9 Å². The third-order valence-electron chi connectivity index (χ3n) is 4.25. The summed E-state index contributed by atoms with van der Waals surface area (Å²) in [4.78, 5) is 33.2. The zero-order chi connectivity index (χ0) is 24.4. The van der Waals surface area contributed by atoms with Gasteiger partial charge in [0.1, 0.15) is 18.2 Å². The number of halogens is 1. The molecule has 3 rings (SSSR count). The van der Waals surface area contributed by atoms with Gasteiger partial charge in [-0.3, -0.25) is 9.59 Å². The summed E-state index contributed by atoms with van der Waals surface area (Å²) >= 11 is 0. The Bertz CT molecular complexity index is 1110. The van der Waals surface area contributed by atoms with Crippen molar-refractivity contribution in [2.24, 2.45) is 11.5 Å². The van der Waals surface area contributed by atoms with Gasteiger partial charge in [0.25, 0.3) is 5.91 Å². The first-order chi connectivity index (χ1) is 15.8. The van der Waals surface area contributed by atoms with Gasteiger partial charge in [0.15, 0.2) is 12.0 Å². The first-order valence-electron chi connectivity index (χ1n) is 9.88. The lowest BCUT2D eigenvalue weighted by molar-refractivity contribution is -0.109. The fourth-order valence-corrected chi connectivity index (χ4v) is 2.68. The second-order valence-corrected chi connectivity index (χ2v) is 6.56. The van der Waals surface area contributed by atoms with Gasteiger partial charge in [0.2, 0.25) is 0 Å². The van der Waals surface area contributed by atoms with E-state index < -0.39 is 17.8 Å². The number of rotatable bonds is 8. The first-order valence-corrected chi connectivity index (χ1v) is 9.88. The highest BCUT2D eigenvalue weighted by molar-refractivity contribution is 6.00. The number of anilines is 1. The maximum Gasteiger partial charge on any atom is 0.316 e. The normalized spacial score (nSPS) is 10.0. The van der Waals surface area contributed by atoms with Crippen LogP contribution in [0.3, 0.4) is 0 Å². The third-order valence-corrected chi connectivity index (χ3v) is 4.25. The molecular weight excluding hydrogens is 431 g/mol. The molecule has 0 saturated carbocycles. The Morgan fingerprint density at radius 3 is 2.39 bits per heavy atom. The molecule has 6 N–H and O–H groups in total. The van der Waals surface area contributed by atoms with Crippen molar-refractivity contribution in [1.29, 1.82) is 0 Å². The minimum Gasteiger partial charge on any atom is -0.485 e. The van der Waals surface area contributed by atoms with Crippen LogP contribution in [0.15, 0.2) is 48.7 Å². The summed E-state index contributed by atoms with van der Waals surface area (Å²) in [6.45, 7) is 2.98. The Labute approximate surface area is 189 Å². The molecule has 0 atom stereocenters. The minimum absolute atomic E-state index is 0.0729. The van der Waals surface area contributed by atoms with E-state index in [9.17, 15) is 18.8 Å². The molecule has 1 heterocycles. The smallest absolute Gasteiger partial charge is 0.316 e. The number of hydrogen-bond acceptors (Lipinski definition) is 6.